The predicted molar refractivity (Wildman–Crippen MR) is 51.5 cm³/mol. The number of benzene rings is 1. The van der Waals surface area contributed by atoms with Crippen LogP contribution in [0, 0.1) is 6.92 Å². The van der Waals surface area contributed by atoms with Crippen molar-refractivity contribution < 1.29 is 5.11 Å². The highest BCUT2D eigenvalue weighted by Crippen LogP contribution is 2.18. The number of aromatic nitrogens is 2. The Kier molecular flexibility index (Phi) is 1.81. The first kappa shape index (κ1) is 8.26. The summed E-state index contributed by atoms with van der Waals surface area (Å²) in [5.74, 6) is 0.629. The molecule has 3 nitrogen and oxygen atoms in total. The second-order valence-corrected chi connectivity index (χ2v) is 3.27. The number of fused-ring (bicyclic) bond motifs is 1. The maximum absolute atomic E-state index is 9.32. The fraction of sp³-hybridized carbons (Fsp3) is 0.300. The second kappa shape index (κ2) is 2.85. The van der Waals surface area contributed by atoms with Gasteiger partial charge in [-0.15, -0.1) is 0 Å². The summed E-state index contributed by atoms with van der Waals surface area (Å²) in [4.78, 5) is 7.37. The summed E-state index contributed by atoms with van der Waals surface area (Å²) in [6.45, 7) is 3.72. The van der Waals surface area contributed by atoms with Gasteiger partial charge in [0, 0.05) is 0 Å². The van der Waals surface area contributed by atoms with Crippen molar-refractivity contribution in [1.29, 1.82) is 0 Å². The van der Waals surface area contributed by atoms with E-state index in [2.05, 4.69) is 9.97 Å². The van der Waals surface area contributed by atoms with Gasteiger partial charge in [-0.05, 0) is 25.5 Å². The summed E-state index contributed by atoms with van der Waals surface area (Å²) < 4.78 is 0. The number of hydrogen-bond acceptors (Lipinski definition) is 2. The number of nitrogens with one attached hydrogen (secondary N) is 1. The Morgan fingerprint density at radius 1 is 1.46 bits per heavy atom. The van der Waals surface area contributed by atoms with Gasteiger partial charge in [0.25, 0.3) is 0 Å². The summed E-state index contributed by atoms with van der Waals surface area (Å²) in [6, 6.07) is 5.92. The topological polar surface area (TPSA) is 48.9 Å². The Hall–Kier alpha value is -1.35. The van der Waals surface area contributed by atoms with Gasteiger partial charge in [-0.1, -0.05) is 12.1 Å². The average Bonchev–Trinajstić information content (AvgIpc) is 2.49. The lowest BCUT2D eigenvalue weighted by atomic mass is 10.2. The molecule has 2 N–H and O–H groups in total. The molecule has 0 aliphatic heterocycles. The molecule has 1 heterocycles. The van der Waals surface area contributed by atoms with Crippen molar-refractivity contribution in [1.82, 2.24) is 9.97 Å². The molecule has 1 unspecified atom stereocenters. The number of aromatic amines is 1. The van der Waals surface area contributed by atoms with Crippen molar-refractivity contribution in [3.63, 3.8) is 0 Å². The monoisotopic (exact) mass is 176 g/mol. The van der Waals surface area contributed by atoms with Crippen LogP contribution < -0.4 is 0 Å². The Morgan fingerprint density at radius 3 is 2.85 bits per heavy atom. The van der Waals surface area contributed by atoms with E-state index >= 15 is 0 Å². The number of para-hydroxylation sites is 1. The van der Waals surface area contributed by atoms with Crippen molar-refractivity contribution in [3.8, 4) is 0 Å². The van der Waals surface area contributed by atoms with E-state index in [4.69, 9.17) is 0 Å². The molecule has 0 bridgehead atoms. The molecule has 1 aromatic heterocycles. The van der Waals surface area contributed by atoms with Crippen LogP contribution in [0.3, 0.4) is 0 Å². The lowest BCUT2D eigenvalue weighted by Gasteiger charge is -1.95. The van der Waals surface area contributed by atoms with Gasteiger partial charge in [-0.2, -0.15) is 0 Å². The van der Waals surface area contributed by atoms with Crippen molar-refractivity contribution in [2.75, 3.05) is 0 Å². The van der Waals surface area contributed by atoms with Crippen LogP contribution in [0.4, 0.5) is 0 Å². The summed E-state index contributed by atoms with van der Waals surface area (Å²) in [5, 5.41) is 9.32. The van der Waals surface area contributed by atoms with Crippen LogP contribution in [0.15, 0.2) is 18.2 Å². The van der Waals surface area contributed by atoms with Crippen molar-refractivity contribution in [2.24, 2.45) is 0 Å². The minimum absolute atomic E-state index is 0.535. The van der Waals surface area contributed by atoms with E-state index in [1.54, 1.807) is 6.92 Å². The molecule has 1 atom stereocenters. The van der Waals surface area contributed by atoms with Crippen LogP contribution in [-0.2, 0) is 0 Å². The molecular weight excluding hydrogens is 164 g/mol. The lowest BCUT2D eigenvalue weighted by Crippen LogP contribution is -1.92. The molecule has 0 saturated heterocycles. The Bertz CT molecular complexity index is 431. The average molecular weight is 176 g/mol. The van der Waals surface area contributed by atoms with Crippen LogP contribution in [0.2, 0.25) is 0 Å². The fourth-order valence-electron chi connectivity index (χ4n) is 1.39. The summed E-state index contributed by atoms with van der Waals surface area (Å²) >= 11 is 0. The quantitative estimate of drug-likeness (QED) is 0.697. The molecule has 0 saturated carbocycles. The third-order valence-corrected chi connectivity index (χ3v) is 2.14. The molecule has 13 heavy (non-hydrogen) atoms. The Balaban J connectivity index is 2.68. The Labute approximate surface area is 76.4 Å². The molecule has 2 rings (SSSR count). The van der Waals surface area contributed by atoms with Crippen LogP contribution in [0.25, 0.3) is 11.0 Å². The summed E-state index contributed by atoms with van der Waals surface area (Å²) in [5.41, 5.74) is 3.08. The molecule has 68 valence electrons. The van der Waals surface area contributed by atoms with E-state index in [0.717, 1.165) is 16.6 Å². The van der Waals surface area contributed by atoms with Crippen molar-refractivity contribution >= 4 is 11.0 Å². The first-order valence-electron chi connectivity index (χ1n) is 4.32. The maximum atomic E-state index is 9.32. The fourth-order valence-corrected chi connectivity index (χ4v) is 1.39. The second-order valence-electron chi connectivity index (χ2n) is 3.27. The minimum Gasteiger partial charge on any atom is -0.385 e. The van der Waals surface area contributed by atoms with E-state index in [1.165, 1.54) is 0 Å². The van der Waals surface area contributed by atoms with Gasteiger partial charge in [-0.3, -0.25) is 0 Å². The standard InChI is InChI=1S/C10H12N2O/c1-6-4-3-5-8-9(6)12-10(11-8)7(2)13/h3-5,7,13H,1-2H3,(H,11,12). The van der Waals surface area contributed by atoms with Crippen LogP contribution in [-0.4, -0.2) is 15.1 Å². The summed E-state index contributed by atoms with van der Waals surface area (Å²) in [7, 11) is 0. The van der Waals surface area contributed by atoms with Gasteiger partial charge in [0.2, 0.25) is 0 Å². The van der Waals surface area contributed by atoms with Gasteiger partial charge >= 0.3 is 0 Å². The van der Waals surface area contributed by atoms with Gasteiger partial charge in [-0.25, -0.2) is 4.98 Å². The van der Waals surface area contributed by atoms with Crippen molar-refractivity contribution in [3.05, 3.63) is 29.6 Å². The van der Waals surface area contributed by atoms with E-state index < -0.39 is 6.10 Å². The van der Waals surface area contributed by atoms with Crippen molar-refractivity contribution in [2.45, 2.75) is 20.0 Å². The molecular formula is C10H12N2O. The largest absolute Gasteiger partial charge is 0.385 e. The zero-order chi connectivity index (χ0) is 9.42. The first-order chi connectivity index (χ1) is 6.18. The highest BCUT2D eigenvalue weighted by molar-refractivity contribution is 5.78. The number of rotatable bonds is 1. The number of aliphatic hydroxyl groups is 1. The number of aryl methyl sites for hydroxylation is 1. The number of aliphatic hydroxyl groups excluding tert-OH is 1. The molecule has 0 amide bonds. The van der Waals surface area contributed by atoms with Gasteiger partial charge in [0.05, 0.1) is 11.0 Å². The molecule has 3 heteroatoms. The number of nitrogens with zero attached hydrogens (tertiary/aromatic N) is 1. The predicted octanol–water partition coefficient (Wildman–Crippen LogP) is 1.92. The van der Waals surface area contributed by atoms with Gasteiger partial charge in [0.15, 0.2) is 0 Å². The maximum Gasteiger partial charge on any atom is 0.135 e. The van der Waals surface area contributed by atoms with E-state index in [1.807, 2.05) is 25.1 Å². The van der Waals surface area contributed by atoms with Gasteiger partial charge in [0.1, 0.15) is 11.9 Å². The smallest absolute Gasteiger partial charge is 0.135 e. The molecule has 0 radical (unpaired) electrons. The number of hydrogen-bond donors (Lipinski definition) is 2. The number of H-pyrrole nitrogens is 1. The zero-order valence-corrected chi connectivity index (χ0v) is 7.70. The zero-order valence-electron chi connectivity index (χ0n) is 7.70. The van der Waals surface area contributed by atoms with E-state index in [0.29, 0.717) is 5.82 Å². The molecule has 2 aromatic rings. The molecule has 0 spiro atoms. The molecule has 0 aliphatic carbocycles. The minimum atomic E-state index is -0.535. The van der Waals surface area contributed by atoms with E-state index in [-0.39, 0.29) is 0 Å². The summed E-state index contributed by atoms with van der Waals surface area (Å²) in [6.07, 6.45) is -0.535. The normalized spacial score (nSPS) is 13.5. The number of imidazole rings is 1. The third-order valence-electron chi connectivity index (χ3n) is 2.14. The highest BCUT2D eigenvalue weighted by atomic mass is 16.3. The van der Waals surface area contributed by atoms with Gasteiger partial charge < -0.3 is 10.1 Å². The SMILES string of the molecule is Cc1cccc2nc(C(C)O)[nH]c12. The van der Waals surface area contributed by atoms with Crippen LogP contribution in [0.1, 0.15) is 24.4 Å². The molecule has 1 aromatic carbocycles. The Morgan fingerprint density at radius 2 is 2.23 bits per heavy atom. The molecule has 0 fully saturated rings. The third kappa shape index (κ3) is 1.31. The highest BCUT2D eigenvalue weighted by Gasteiger charge is 2.07. The molecule has 0 aliphatic rings. The van der Waals surface area contributed by atoms with E-state index in [9.17, 15) is 5.11 Å². The van der Waals surface area contributed by atoms with Crippen LogP contribution in [0.5, 0.6) is 0 Å². The lowest BCUT2D eigenvalue weighted by molar-refractivity contribution is 0.190. The first-order valence-corrected chi connectivity index (χ1v) is 4.32. The van der Waals surface area contributed by atoms with Crippen LogP contribution >= 0.6 is 0 Å².